The van der Waals surface area contributed by atoms with E-state index in [-0.39, 0.29) is 0 Å². The summed E-state index contributed by atoms with van der Waals surface area (Å²) < 4.78 is 38.6. The number of rotatable bonds is 3. The Morgan fingerprint density at radius 3 is 2.61 bits per heavy atom. The Morgan fingerprint density at radius 1 is 1.09 bits per heavy atom. The number of halogens is 3. The Labute approximate surface area is 135 Å². The van der Waals surface area contributed by atoms with Crippen LogP contribution >= 0.6 is 11.8 Å². The second-order valence-corrected chi connectivity index (χ2v) is 6.20. The third-order valence-corrected chi connectivity index (χ3v) is 4.29. The molecule has 0 N–H and O–H groups in total. The van der Waals surface area contributed by atoms with Gasteiger partial charge in [0.1, 0.15) is 0 Å². The summed E-state index contributed by atoms with van der Waals surface area (Å²) in [6.45, 7) is 2.04. The standard InChI is InChI=1S/C17H13F3N2S/c1-2-23-15-6-4-3-5-13(15)16-21-10-11-7-8-12(17(18,19)20)9-14(11)22-16/h3-10H,2H2,1H3. The van der Waals surface area contributed by atoms with Gasteiger partial charge in [0, 0.05) is 22.0 Å². The summed E-state index contributed by atoms with van der Waals surface area (Å²) in [4.78, 5) is 9.66. The van der Waals surface area contributed by atoms with E-state index in [9.17, 15) is 13.2 Å². The second kappa shape index (κ2) is 6.20. The molecular formula is C17H13F3N2S. The molecule has 0 radical (unpaired) electrons. The fourth-order valence-electron chi connectivity index (χ4n) is 2.26. The molecule has 0 fully saturated rings. The maximum atomic E-state index is 12.9. The molecule has 0 aliphatic heterocycles. The van der Waals surface area contributed by atoms with Crippen LogP contribution in [-0.2, 0) is 6.18 Å². The van der Waals surface area contributed by atoms with Gasteiger partial charge in [-0.15, -0.1) is 11.8 Å². The third-order valence-electron chi connectivity index (χ3n) is 3.34. The van der Waals surface area contributed by atoms with Gasteiger partial charge in [-0.05, 0) is 24.0 Å². The lowest BCUT2D eigenvalue weighted by atomic mass is 10.1. The SMILES string of the molecule is CCSc1ccccc1-c1ncc2ccc(C(F)(F)F)cc2n1. The zero-order valence-electron chi connectivity index (χ0n) is 12.3. The summed E-state index contributed by atoms with van der Waals surface area (Å²) in [6, 6.07) is 11.1. The van der Waals surface area contributed by atoms with Gasteiger partial charge in [0.15, 0.2) is 5.82 Å². The summed E-state index contributed by atoms with van der Waals surface area (Å²) in [5.74, 6) is 1.33. The Morgan fingerprint density at radius 2 is 1.87 bits per heavy atom. The van der Waals surface area contributed by atoms with E-state index in [2.05, 4.69) is 9.97 Å². The first kappa shape index (κ1) is 15.8. The van der Waals surface area contributed by atoms with Crippen LogP contribution < -0.4 is 0 Å². The van der Waals surface area contributed by atoms with E-state index in [0.717, 1.165) is 28.3 Å². The minimum atomic E-state index is -4.38. The number of hydrogen-bond acceptors (Lipinski definition) is 3. The van der Waals surface area contributed by atoms with E-state index in [1.807, 2.05) is 31.2 Å². The highest BCUT2D eigenvalue weighted by Gasteiger charge is 2.30. The van der Waals surface area contributed by atoms with E-state index >= 15 is 0 Å². The van der Waals surface area contributed by atoms with Crippen molar-refractivity contribution in [2.75, 3.05) is 5.75 Å². The zero-order chi connectivity index (χ0) is 16.4. The van der Waals surface area contributed by atoms with Gasteiger partial charge in [-0.2, -0.15) is 13.2 Å². The van der Waals surface area contributed by atoms with Gasteiger partial charge in [-0.3, -0.25) is 0 Å². The maximum Gasteiger partial charge on any atom is 0.416 e. The van der Waals surface area contributed by atoms with Crippen molar-refractivity contribution < 1.29 is 13.2 Å². The number of thioether (sulfide) groups is 1. The smallest absolute Gasteiger partial charge is 0.236 e. The molecule has 0 amide bonds. The fourth-order valence-corrected chi connectivity index (χ4v) is 3.06. The van der Waals surface area contributed by atoms with E-state index in [1.54, 1.807) is 18.0 Å². The number of nitrogens with zero attached hydrogens (tertiary/aromatic N) is 2. The van der Waals surface area contributed by atoms with Gasteiger partial charge in [0.05, 0.1) is 11.1 Å². The minimum absolute atomic E-state index is 0.293. The van der Waals surface area contributed by atoms with Crippen molar-refractivity contribution in [3.63, 3.8) is 0 Å². The van der Waals surface area contributed by atoms with E-state index in [4.69, 9.17) is 0 Å². The molecule has 0 aliphatic carbocycles. The van der Waals surface area contributed by atoms with E-state index in [1.165, 1.54) is 6.07 Å². The average molecular weight is 334 g/mol. The number of aromatic nitrogens is 2. The Hall–Kier alpha value is -2.08. The first-order valence-electron chi connectivity index (χ1n) is 7.05. The van der Waals surface area contributed by atoms with Crippen LogP contribution in [-0.4, -0.2) is 15.7 Å². The second-order valence-electron chi connectivity index (χ2n) is 4.89. The quantitative estimate of drug-likeness (QED) is 0.598. The monoisotopic (exact) mass is 334 g/mol. The lowest BCUT2D eigenvalue weighted by Crippen LogP contribution is -2.04. The molecule has 6 heteroatoms. The Balaban J connectivity index is 2.13. The van der Waals surface area contributed by atoms with Crippen molar-refractivity contribution in [3.05, 3.63) is 54.2 Å². The number of fused-ring (bicyclic) bond motifs is 1. The van der Waals surface area contributed by atoms with Gasteiger partial charge in [0.2, 0.25) is 0 Å². The highest BCUT2D eigenvalue weighted by molar-refractivity contribution is 7.99. The van der Waals surface area contributed by atoms with Crippen LogP contribution in [0.1, 0.15) is 12.5 Å². The van der Waals surface area contributed by atoms with Crippen molar-refractivity contribution in [1.82, 2.24) is 9.97 Å². The van der Waals surface area contributed by atoms with Crippen LogP contribution in [0.15, 0.2) is 53.6 Å². The maximum absolute atomic E-state index is 12.9. The van der Waals surface area contributed by atoms with Crippen molar-refractivity contribution in [2.45, 2.75) is 18.0 Å². The lowest BCUT2D eigenvalue weighted by Gasteiger charge is -2.09. The molecule has 1 aromatic heterocycles. The predicted octanol–water partition coefficient (Wildman–Crippen LogP) is 5.43. The van der Waals surface area contributed by atoms with Gasteiger partial charge in [-0.1, -0.05) is 31.2 Å². The van der Waals surface area contributed by atoms with E-state index < -0.39 is 11.7 Å². The van der Waals surface area contributed by atoms with Gasteiger partial charge in [0.25, 0.3) is 0 Å². The van der Waals surface area contributed by atoms with Crippen LogP contribution in [0.25, 0.3) is 22.3 Å². The Kier molecular flexibility index (Phi) is 4.26. The molecule has 0 saturated carbocycles. The van der Waals surface area contributed by atoms with Crippen LogP contribution in [0.3, 0.4) is 0 Å². The molecule has 2 aromatic carbocycles. The van der Waals surface area contributed by atoms with Crippen molar-refractivity contribution in [2.24, 2.45) is 0 Å². The molecular weight excluding hydrogens is 321 g/mol. The molecule has 1 heterocycles. The summed E-state index contributed by atoms with van der Waals surface area (Å²) in [5.41, 5.74) is 0.422. The molecule has 0 aliphatic rings. The van der Waals surface area contributed by atoms with Crippen LogP contribution in [0.4, 0.5) is 13.2 Å². The van der Waals surface area contributed by atoms with Crippen molar-refractivity contribution in [1.29, 1.82) is 0 Å². The van der Waals surface area contributed by atoms with Gasteiger partial charge >= 0.3 is 6.18 Å². The highest BCUT2D eigenvalue weighted by Crippen LogP contribution is 2.33. The summed E-state index contributed by atoms with van der Waals surface area (Å²) >= 11 is 1.65. The summed E-state index contributed by atoms with van der Waals surface area (Å²) in [6.07, 6.45) is -2.82. The van der Waals surface area contributed by atoms with Crippen LogP contribution in [0.5, 0.6) is 0 Å². The molecule has 118 valence electrons. The van der Waals surface area contributed by atoms with Gasteiger partial charge < -0.3 is 0 Å². The molecule has 0 spiro atoms. The molecule has 2 nitrogen and oxygen atoms in total. The lowest BCUT2D eigenvalue weighted by molar-refractivity contribution is -0.137. The highest BCUT2D eigenvalue weighted by atomic mass is 32.2. The summed E-state index contributed by atoms with van der Waals surface area (Å²) in [7, 11) is 0. The molecule has 0 unspecified atom stereocenters. The predicted molar refractivity (Wildman–Crippen MR) is 86.4 cm³/mol. The molecule has 0 atom stereocenters. The normalized spacial score (nSPS) is 11.8. The molecule has 0 bridgehead atoms. The summed E-state index contributed by atoms with van der Waals surface area (Å²) in [5, 5.41) is 0.586. The molecule has 0 saturated heterocycles. The molecule has 23 heavy (non-hydrogen) atoms. The van der Waals surface area contributed by atoms with Crippen LogP contribution in [0, 0.1) is 0 Å². The molecule has 3 aromatic rings. The largest absolute Gasteiger partial charge is 0.416 e. The number of alkyl halides is 3. The van der Waals surface area contributed by atoms with Gasteiger partial charge in [-0.25, -0.2) is 9.97 Å². The fraction of sp³-hybridized carbons (Fsp3) is 0.176. The number of benzene rings is 2. The van der Waals surface area contributed by atoms with Crippen LogP contribution in [0.2, 0.25) is 0 Å². The van der Waals surface area contributed by atoms with Crippen molar-refractivity contribution >= 4 is 22.7 Å². The molecule has 3 rings (SSSR count). The topological polar surface area (TPSA) is 25.8 Å². The van der Waals surface area contributed by atoms with Crippen molar-refractivity contribution in [3.8, 4) is 11.4 Å². The average Bonchev–Trinajstić information content (AvgIpc) is 2.54. The van der Waals surface area contributed by atoms with E-state index in [0.29, 0.717) is 16.7 Å². The minimum Gasteiger partial charge on any atom is -0.236 e. The Bertz CT molecular complexity index is 847. The first-order chi connectivity index (χ1) is 11.0. The zero-order valence-corrected chi connectivity index (χ0v) is 13.1. The third kappa shape index (κ3) is 3.32. The number of hydrogen-bond donors (Lipinski definition) is 0. The first-order valence-corrected chi connectivity index (χ1v) is 8.04.